The Morgan fingerprint density at radius 1 is 1.20 bits per heavy atom. The Hall–Kier alpha value is -3.30. The Kier molecular flexibility index (Phi) is 10.6. The summed E-state index contributed by atoms with van der Waals surface area (Å²) in [5.74, 6) is -2.05. The number of ketones is 1. The zero-order chi connectivity index (χ0) is 32.1. The van der Waals surface area contributed by atoms with Crippen LogP contribution in [0, 0.1) is 24.1 Å². The van der Waals surface area contributed by atoms with E-state index in [-0.39, 0.29) is 49.2 Å². The minimum Gasteiger partial charge on any atom is -0.481 e. The molecule has 0 spiro atoms. The summed E-state index contributed by atoms with van der Waals surface area (Å²) in [6, 6.07) is 9.25. The van der Waals surface area contributed by atoms with Crippen molar-refractivity contribution in [3.8, 4) is 5.19 Å². The molecule has 2 fully saturated rings. The minimum absolute atomic E-state index is 0.0898. The molecule has 4 atom stereocenters. The second-order valence-electron chi connectivity index (χ2n) is 12.5. The number of carbonyl (C=O) groups excluding carboxylic acids is 2. The van der Waals surface area contributed by atoms with E-state index >= 15 is 0 Å². The highest BCUT2D eigenvalue weighted by atomic mass is 35.5. The number of hydrogen-bond donors (Lipinski definition) is 1. The van der Waals surface area contributed by atoms with Crippen molar-refractivity contribution in [2.45, 2.75) is 90.2 Å². The molecule has 0 bridgehead atoms. The molecule has 1 aliphatic heterocycles. The number of amides is 1. The van der Waals surface area contributed by atoms with E-state index < -0.39 is 23.5 Å². The van der Waals surface area contributed by atoms with Gasteiger partial charge in [-0.15, -0.1) is 0 Å². The van der Waals surface area contributed by atoms with Gasteiger partial charge in [0.25, 0.3) is 5.19 Å². The van der Waals surface area contributed by atoms with Crippen LogP contribution in [0.15, 0.2) is 48.6 Å². The standard InChI is InChI=1S/C35H40ClFN2O5S/c1-3-4-5-6-7-8-9-24-19-35(24,33(42)43)20-30(40)29-18-27(44-34-38-28-12-11-25(36)17-31(28)45-34)21-39(29)32(41)13-10-23-14-22(2)15-26(37)16-23/h8-9,11-12,14-17,24,27,29H,3-7,10,13,18-21H2,1-2H3,(H,42,43)/b9-8-/t24-,27-,29+,35-/m1/s1. The maximum Gasteiger partial charge on any atom is 0.310 e. The molecule has 1 saturated heterocycles. The normalized spacial score (nSPS) is 22.8. The minimum atomic E-state index is -1.14. The number of ether oxygens (including phenoxy) is 1. The van der Waals surface area contributed by atoms with Crippen LogP contribution in [0.25, 0.3) is 10.2 Å². The molecule has 2 aromatic carbocycles. The average molecular weight is 655 g/mol. The third-order valence-corrected chi connectivity index (χ3v) is 10.1. The summed E-state index contributed by atoms with van der Waals surface area (Å²) >= 11 is 7.47. The van der Waals surface area contributed by atoms with Crippen molar-refractivity contribution in [1.29, 1.82) is 0 Å². The number of hydrogen-bond acceptors (Lipinski definition) is 6. The lowest BCUT2D eigenvalue weighted by Gasteiger charge is -2.24. The number of Topliss-reactive ketones (excluding diaryl/α,β-unsaturated/α-hetero) is 1. The van der Waals surface area contributed by atoms with Crippen LogP contribution in [0.4, 0.5) is 4.39 Å². The van der Waals surface area contributed by atoms with Gasteiger partial charge in [-0.25, -0.2) is 9.37 Å². The molecule has 1 amide bonds. The maximum atomic E-state index is 14.0. The van der Waals surface area contributed by atoms with Crippen LogP contribution in [0.2, 0.25) is 5.02 Å². The fraction of sp³-hybridized carbons (Fsp3) is 0.486. The van der Waals surface area contributed by atoms with Crippen molar-refractivity contribution in [2.24, 2.45) is 11.3 Å². The number of thiazole rings is 1. The number of halogens is 2. The van der Waals surface area contributed by atoms with E-state index in [0.29, 0.717) is 28.6 Å². The Labute approximate surface area is 272 Å². The maximum absolute atomic E-state index is 14.0. The number of allylic oxidation sites excluding steroid dienone is 2. The fourth-order valence-electron chi connectivity index (χ4n) is 6.37. The lowest BCUT2D eigenvalue weighted by atomic mass is 9.92. The highest BCUT2D eigenvalue weighted by Gasteiger charge is 2.61. The molecule has 1 aliphatic carbocycles. The first kappa shape index (κ1) is 33.1. The Bertz CT molecular complexity index is 1570. The van der Waals surface area contributed by atoms with E-state index in [2.05, 4.69) is 11.9 Å². The van der Waals surface area contributed by atoms with Gasteiger partial charge in [0.2, 0.25) is 5.91 Å². The number of nitrogens with zero attached hydrogens (tertiary/aromatic N) is 2. The molecule has 5 rings (SSSR count). The smallest absolute Gasteiger partial charge is 0.310 e. The number of rotatable bonds is 15. The molecule has 2 heterocycles. The molecule has 0 unspecified atom stereocenters. The van der Waals surface area contributed by atoms with E-state index in [1.165, 1.54) is 34.8 Å². The molecule has 2 aliphatic rings. The van der Waals surface area contributed by atoms with Gasteiger partial charge in [0, 0.05) is 24.3 Å². The number of aromatic nitrogens is 1. The number of carboxylic acids is 1. The van der Waals surface area contributed by atoms with Gasteiger partial charge in [-0.1, -0.05) is 67.3 Å². The number of likely N-dealkylation sites (tertiary alicyclic amines) is 1. The number of fused-ring (bicyclic) bond motifs is 1. The zero-order valence-electron chi connectivity index (χ0n) is 25.8. The summed E-state index contributed by atoms with van der Waals surface area (Å²) in [4.78, 5) is 45.9. The number of aryl methyl sites for hydroxylation is 2. The van der Waals surface area contributed by atoms with Crippen molar-refractivity contribution in [3.63, 3.8) is 0 Å². The summed E-state index contributed by atoms with van der Waals surface area (Å²) in [5, 5.41) is 11.2. The van der Waals surface area contributed by atoms with Crippen molar-refractivity contribution in [3.05, 3.63) is 70.5 Å². The monoisotopic (exact) mass is 654 g/mol. The van der Waals surface area contributed by atoms with E-state index in [4.69, 9.17) is 16.3 Å². The summed E-state index contributed by atoms with van der Waals surface area (Å²) in [6.45, 7) is 4.13. The molecule has 1 aromatic heterocycles. The molecule has 7 nitrogen and oxygen atoms in total. The van der Waals surface area contributed by atoms with Gasteiger partial charge >= 0.3 is 5.97 Å². The van der Waals surface area contributed by atoms with E-state index in [9.17, 15) is 23.9 Å². The molecule has 45 heavy (non-hydrogen) atoms. The van der Waals surface area contributed by atoms with E-state index in [0.717, 1.165) is 41.5 Å². The van der Waals surface area contributed by atoms with Crippen LogP contribution in [-0.2, 0) is 20.8 Å². The summed E-state index contributed by atoms with van der Waals surface area (Å²) in [5.41, 5.74) is 1.07. The quantitative estimate of drug-likeness (QED) is 0.132. The summed E-state index contributed by atoms with van der Waals surface area (Å²) in [7, 11) is 0. The lowest BCUT2D eigenvalue weighted by molar-refractivity contribution is -0.147. The Morgan fingerprint density at radius 3 is 2.78 bits per heavy atom. The van der Waals surface area contributed by atoms with Crippen LogP contribution in [0.1, 0.15) is 75.8 Å². The largest absolute Gasteiger partial charge is 0.481 e. The second-order valence-corrected chi connectivity index (χ2v) is 13.9. The third-order valence-electron chi connectivity index (χ3n) is 8.92. The van der Waals surface area contributed by atoms with Crippen molar-refractivity contribution >= 4 is 50.8 Å². The van der Waals surface area contributed by atoms with Crippen molar-refractivity contribution in [1.82, 2.24) is 9.88 Å². The lowest BCUT2D eigenvalue weighted by Crippen LogP contribution is -2.42. The van der Waals surface area contributed by atoms with Gasteiger partial charge in [0.1, 0.15) is 11.9 Å². The number of carboxylic acid groups (broad SMARTS) is 1. The predicted molar refractivity (Wildman–Crippen MR) is 174 cm³/mol. The van der Waals surface area contributed by atoms with E-state index in [1.54, 1.807) is 13.0 Å². The molecule has 1 N–H and O–H groups in total. The first-order chi connectivity index (χ1) is 21.6. The molecule has 0 radical (unpaired) electrons. The number of carbonyl (C=O) groups is 3. The molecule has 240 valence electrons. The van der Waals surface area contributed by atoms with Crippen LogP contribution < -0.4 is 4.74 Å². The van der Waals surface area contributed by atoms with Crippen LogP contribution in [-0.4, -0.2) is 51.3 Å². The SMILES string of the molecule is CCCCCC/C=C\[C@@H]1C[C@]1(CC(=O)[C@@H]1C[C@@H](Oc2nc3ccc(Cl)cc3s2)CN1C(=O)CCc1cc(C)cc(F)c1)C(=O)O. The average Bonchev–Trinajstić information content (AvgIpc) is 3.30. The first-order valence-corrected chi connectivity index (χ1v) is 17.0. The topological polar surface area (TPSA) is 96.8 Å². The number of aliphatic carboxylic acids is 1. The highest BCUT2D eigenvalue weighted by Crippen LogP contribution is 2.57. The molecular formula is C35H40ClFN2O5S. The van der Waals surface area contributed by atoms with Gasteiger partial charge in [-0.3, -0.25) is 14.4 Å². The fourth-order valence-corrected chi connectivity index (χ4v) is 7.53. The van der Waals surface area contributed by atoms with Gasteiger partial charge < -0.3 is 14.7 Å². The predicted octanol–water partition coefficient (Wildman–Crippen LogP) is 7.96. The third kappa shape index (κ3) is 8.11. The van der Waals surface area contributed by atoms with Crippen LogP contribution in [0.3, 0.4) is 0 Å². The molecule has 1 saturated carbocycles. The van der Waals surface area contributed by atoms with Gasteiger partial charge in [0.15, 0.2) is 5.78 Å². The Morgan fingerprint density at radius 2 is 2.02 bits per heavy atom. The number of benzene rings is 2. The van der Waals surface area contributed by atoms with Crippen LogP contribution >= 0.6 is 22.9 Å². The first-order valence-electron chi connectivity index (χ1n) is 15.8. The Balaban J connectivity index is 1.29. The summed E-state index contributed by atoms with van der Waals surface area (Å²) < 4.78 is 21.0. The van der Waals surface area contributed by atoms with Gasteiger partial charge in [-0.2, -0.15) is 0 Å². The van der Waals surface area contributed by atoms with Crippen molar-refractivity contribution in [2.75, 3.05) is 6.54 Å². The number of unbranched alkanes of at least 4 members (excludes halogenated alkanes) is 4. The van der Waals surface area contributed by atoms with Crippen molar-refractivity contribution < 1.29 is 28.6 Å². The molecule has 10 heteroatoms. The van der Waals surface area contributed by atoms with Crippen LogP contribution in [0.5, 0.6) is 5.19 Å². The second kappa shape index (κ2) is 14.4. The molecular weight excluding hydrogens is 615 g/mol. The highest BCUT2D eigenvalue weighted by molar-refractivity contribution is 7.20. The van der Waals surface area contributed by atoms with Gasteiger partial charge in [0.05, 0.1) is 28.2 Å². The van der Waals surface area contributed by atoms with E-state index in [1.807, 2.05) is 30.4 Å². The molecule has 3 aromatic rings. The zero-order valence-corrected chi connectivity index (χ0v) is 27.3. The van der Waals surface area contributed by atoms with Gasteiger partial charge in [-0.05, 0) is 80.0 Å². The summed E-state index contributed by atoms with van der Waals surface area (Å²) in [6.07, 6.45) is 9.88.